The summed E-state index contributed by atoms with van der Waals surface area (Å²) in [5.74, 6) is 1.75. The van der Waals surface area contributed by atoms with Gasteiger partial charge in [0.25, 0.3) is 0 Å². The maximum Gasteiger partial charge on any atom is 0.151 e. The number of para-hydroxylation sites is 4. The van der Waals surface area contributed by atoms with Gasteiger partial charge in [-0.1, -0.05) is 153 Å². The second-order valence-electron chi connectivity index (χ2n) is 15.3. The highest BCUT2D eigenvalue weighted by molar-refractivity contribution is 5.97. The first-order valence-electron chi connectivity index (χ1n) is 19.1. The number of ether oxygens (including phenoxy) is 1. The summed E-state index contributed by atoms with van der Waals surface area (Å²) in [6.45, 7) is 4.72. The lowest BCUT2D eigenvalue weighted by molar-refractivity contribution is 0.471. The number of nitrogens with zero attached hydrogens (tertiary/aromatic N) is 2. The lowest BCUT2D eigenvalue weighted by Crippen LogP contribution is -2.34. The number of hydrogen-bond acceptors (Lipinski definition) is 3. The van der Waals surface area contributed by atoms with Crippen molar-refractivity contribution in [3.63, 3.8) is 0 Å². The predicted octanol–water partition coefficient (Wildman–Crippen LogP) is 13.7. The van der Waals surface area contributed by atoms with Crippen LogP contribution in [0.3, 0.4) is 0 Å². The Balaban J connectivity index is 1.20. The van der Waals surface area contributed by atoms with Crippen molar-refractivity contribution in [2.75, 3.05) is 9.80 Å². The third kappa shape index (κ3) is 4.38. The van der Waals surface area contributed by atoms with Crippen LogP contribution < -0.4 is 14.5 Å². The van der Waals surface area contributed by atoms with Gasteiger partial charge in [0.05, 0.1) is 28.2 Å². The SMILES string of the molecule is CC1(C)c2cccc3c2N(c2ccccc2O3)c2cccc(N(c3ccccc3)c3ccc4c(c3)C(c3ccccc3)(c3ccccc3)c3ccccc3-4)c21. The summed E-state index contributed by atoms with van der Waals surface area (Å²) in [7, 11) is 0. The monoisotopic (exact) mass is 706 g/mol. The standard InChI is InChI=1S/C52H38N2O/c1-51(2)42-26-16-31-48-50(42)54(44-27-14-15-30-47(44)55-48)46-29-17-28-45(49(46)51)53(37-22-10-5-11-23-37)38-32-33-40-39-24-12-13-25-41(39)52(43(40)34-38,35-18-6-3-7-19-35)36-20-8-4-9-21-36/h3-34H,1-2H3. The third-order valence-corrected chi connectivity index (χ3v) is 12.1. The van der Waals surface area contributed by atoms with Gasteiger partial charge in [0.1, 0.15) is 0 Å². The van der Waals surface area contributed by atoms with E-state index in [0.717, 1.165) is 45.6 Å². The van der Waals surface area contributed by atoms with Gasteiger partial charge in [-0.15, -0.1) is 0 Å². The van der Waals surface area contributed by atoms with E-state index in [0.29, 0.717) is 0 Å². The van der Waals surface area contributed by atoms with Gasteiger partial charge < -0.3 is 14.5 Å². The highest BCUT2D eigenvalue weighted by Crippen LogP contribution is 2.63. The fourth-order valence-electron chi connectivity index (χ4n) is 9.81. The molecule has 3 heteroatoms. The molecule has 0 amide bonds. The second-order valence-corrected chi connectivity index (χ2v) is 15.3. The fourth-order valence-corrected chi connectivity index (χ4v) is 9.81. The molecule has 3 aliphatic rings. The summed E-state index contributed by atoms with van der Waals surface area (Å²) < 4.78 is 6.56. The van der Waals surface area contributed by atoms with Gasteiger partial charge in [-0.3, -0.25) is 0 Å². The minimum absolute atomic E-state index is 0.360. The average molecular weight is 707 g/mol. The van der Waals surface area contributed by atoms with Crippen LogP contribution in [0.25, 0.3) is 11.1 Å². The summed E-state index contributed by atoms with van der Waals surface area (Å²) in [6.07, 6.45) is 0. The van der Waals surface area contributed by atoms with Crippen molar-refractivity contribution >= 4 is 34.1 Å². The van der Waals surface area contributed by atoms with E-state index in [1.807, 2.05) is 6.07 Å². The van der Waals surface area contributed by atoms with Gasteiger partial charge in [-0.05, 0) is 93.5 Å². The van der Waals surface area contributed by atoms with Crippen molar-refractivity contribution in [2.45, 2.75) is 24.7 Å². The Kier molecular flexibility index (Phi) is 6.81. The number of hydrogen-bond donors (Lipinski definition) is 0. The summed E-state index contributed by atoms with van der Waals surface area (Å²) in [6, 6.07) is 70.8. The van der Waals surface area contributed by atoms with Crippen LogP contribution in [-0.2, 0) is 10.8 Å². The van der Waals surface area contributed by atoms with E-state index in [1.54, 1.807) is 0 Å². The molecule has 0 fully saturated rings. The molecule has 0 radical (unpaired) electrons. The molecule has 11 rings (SSSR count). The molecule has 0 aromatic heterocycles. The molecule has 2 aliphatic heterocycles. The molecule has 8 aromatic rings. The highest BCUT2D eigenvalue weighted by atomic mass is 16.5. The van der Waals surface area contributed by atoms with Crippen LogP contribution in [0.5, 0.6) is 11.5 Å². The third-order valence-electron chi connectivity index (χ3n) is 12.1. The van der Waals surface area contributed by atoms with Crippen LogP contribution in [0, 0.1) is 0 Å². The Bertz CT molecular complexity index is 2730. The molecule has 0 N–H and O–H groups in total. The van der Waals surface area contributed by atoms with Crippen molar-refractivity contribution in [1.82, 2.24) is 0 Å². The molecule has 0 spiro atoms. The number of benzene rings is 8. The van der Waals surface area contributed by atoms with Crippen LogP contribution in [-0.4, -0.2) is 0 Å². The van der Waals surface area contributed by atoms with E-state index in [2.05, 4.69) is 212 Å². The Labute approximate surface area is 322 Å². The van der Waals surface area contributed by atoms with Crippen LogP contribution in [0.1, 0.15) is 47.2 Å². The van der Waals surface area contributed by atoms with Crippen LogP contribution in [0.4, 0.5) is 34.1 Å². The molecule has 0 bridgehead atoms. The van der Waals surface area contributed by atoms with E-state index in [9.17, 15) is 0 Å². The maximum atomic E-state index is 6.56. The van der Waals surface area contributed by atoms with Gasteiger partial charge >= 0.3 is 0 Å². The van der Waals surface area contributed by atoms with Crippen molar-refractivity contribution in [2.24, 2.45) is 0 Å². The summed E-state index contributed by atoms with van der Waals surface area (Å²) in [4.78, 5) is 4.90. The highest BCUT2D eigenvalue weighted by Gasteiger charge is 2.47. The maximum absolute atomic E-state index is 6.56. The molecular formula is C52H38N2O. The zero-order chi connectivity index (χ0) is 36.7. The van der Waals surface area contributed by atoms with E-state index in [1.165, 1.54) is 44.5 Å². The first kappa shape index (κ1) is 31.7. The van der Waals surface area contributed by atoms with E-state index < -0.39 is 5.41 Å². The Morgan fingerprint density at radius 1 is 0.455 bits per heavy atom. The van der Waals surface area contributed by atoms with Gasteiger partial charge in [0, 0.05) is 22.4 Å². The Morgan fingerprint density at radius 3 is 1.80 bits per heavy atom. The zero-order valence-corrected chi connectivity index (χ0v) is 30.8. The smallest absolute Gasteiger partial charge is 0.151 e. The summed E-state index contributed by atoms with van der Waals surface area (Å²) in [5.41, 5.74) is 16.0. The van der Waals surface area contributed by atoms with Crippen molar-refractivity contribution in [1.29, 1.82) is 0 Å². The largest absolute Gasteiger partial charge is 0.453 e. The number of fused-ring (bicyclic) bond motifs is 7. The topological polar surface area (TPSA) is 15.7 Å². The van der Waals surface area contributed by atoms with Gasteiger partial charge in [0.15, 0.2) is 11.5 Å². The summed E-state index contributed by atoms with van der Waals surface area (Å²) >= 11 is 0. The normalized spacial score (nSPS) is 14.8. The Morgan fingerprint density at radius 2 is 1.04 bits per heavy atom. The second kappa shape index (κ2) is 11.8. The summed E-state index contributed by atoms with van der Waals surface area (Å²) in [5, 5.41) is 0. The molecule has 55 heavy (non-hydrogen) atoms. The Hall–Kier alpha value is -6.84. The lowest BCUT2D eigenvalue weighted by Gasteiger charge is -2.46. The van der Waals surface area contributed by atoms with E-state index in [-0.39, 0.29) is 5.41 Å². The van der Waals surface area contributed by atoms with Gasteiger partial charge in [0.2, 0.25) is 0 Å². The molecule has 8 aromatic carbocycles. The van der Waals surface area contributed by atoms with Crippen LogP contribution in [0.2, 0.25) is 0 Å². The number of anilines is 6. The number of rotatable bonds is 5. The molecule has 0 atom stereocenters. The molecule has 1 aliphatic carbocycles. The van der Waals surface area contributed by atoms with Crippen LogP contribution in [0.15, 0.2) is 194 Å². The molecule has 0 saturated heterocycles. The average Bonchev–Trinajstić information content (AvgIpc) is 3.53. The van der Waals surface area contributed by atoms with Crippen molar-refractivity contribution < 1.29 is 4.74 Å². The first-order valence-corrected chi connectivity index (χ1v) is 19.1. The minimum atomic E-state index is -0.505. The van der Waals surface area contributed by atoms with E-state index in [4.69, 9.17) is 4.74 Å². The van der Waals surface area contributed by atoms with Crippen molar-refractivity contribution in [3.05, 3.63) is 228 Å². The first-order chi connectivity index (χ1) is 27.1. The minimum Gasteiger partial charge on any atom is -0.453 e. The molecule has 262 valence electrons. The fraction of sp³-hybridized carbons (Fsp3) is 0.0769. The van der Waals surface area contributed by atoms with E-state index >= 15 is 0 Å². The van der Waals surface area contributed by atoms with Gasteiger partial charge in [-0.25, -0.2) is 0 Å². The lowest BCUT2D eigenvalue weighted by atomic mass is 9.67. The van der Waals surface area contributed by atoms with Gasteiger partial charge in [-0.2, -0.15) is 0 Å². The molecule has 0 unspecified atom stereocenters. The molecule has 2 heterocycles. The van der Waals surface area contributed by atoms with Crippen molar-refractivity contribution in [3.8, 4) is 22.6 Å². The predicted molar refractivity (Wildman–Crippen MR) is 225 cm³/mol. The molecular weight excluding hydrogens is 669 g/mol. The quantitative estimate of drug-likeness (QED) is 0.177. The molecule has 0 saturated carbocycles. The van der Waals surface area contributed by atoms with Crippen LogP contribution >= 0.6 is 0 Å². The zero-order valence-electron chi connectivity index (χ0n) is 30.8. The molecule has 3 nitrogen and oxygen atoms in total.